The summed E-state index contributed by atoms with van der Waals surface area (Å²) < 4.78 is 14.9. The van der Waals surface area contributed by atoms with Crippen LogP contribution in [-0.4, -0.2) is 42.6 Å². The van der Waals surface area contributed by atoms with Gasteiger partial charge >= 0.3 is 0 Å². The van der Waals surface area contributed by atoms with Gasteiger partial charge in [-0.1, -0.05) is 18.2 Å². The zero-order valence-electron chi connectivity index (χ0n) is 19.6. The first-order valence-corrected chi connectivity index (χ1v) is 11.1. The van der Waals surface area contributed by atoms with Gasteiger partial charge in [-0.05, 0) is 61.4 Å². The van der Waals surface area contributed by atoms with Crippen LogP contribution in [-0.2, 0) is 6.54 Å². The van der Waals surface area contributed by atoms with Crippen LogP contribution in [0.25, 0.3) is 28.1 Å². The van der Waals surface area contributed by atoms with Crippen LogP contribution >= 0.6 is 0 Å². The molecule has 3 aromatic heterocycles. The number of hydrogen-bond acceptors (Lipinski definition) is 5. The first-order valence-electron chi connectivity index (χ1n) is 11.1. The maximum Gasteiger partial charge on any atom is 0.257 e. The lowest BCUT2D eigenvalue weighted by Crippen LogP contribution is -2.26. The molecular formula is C27H23FN6O. The van der Waals surface area contributed by atoms with Gasteiger partial charge in [0.1, 0.15) is 5.82 Å². The average molecular weight is 467 g/mol. The third-order valence-electron chi connectivity index (χ3n) is 6.00. The number of rotatable bonds is 5. The van der Waals surface area contributed by atoms with E-state index in [0.717, 1.165) is 27.6 Å². The number of aryl methyl sites for hydroxylation is 1. The minimum atomic E-state index is -0.310. The van der Waals surface area contributed by atoms with Crippen molar-refractivity contribution in [3.8, 4) is 17.2 Å². The largest absolute Gasteiger partial charge is 0.337 e. The van der Waals surface area contributed by atoms with Crippen molar-refractivity contribution in [1.82, 2.24) is 29.6 Å². The Morgan fingerprint density at radius 1 is 1.00 bits per heavy atom. The molecule has 0 aliphatic carbocycles. The predicted octanol–water partition coefficient (Wildman–Crippen LogP) is 4.91. The lowest BCUT2D eigenvalue weighted by Gasteiger charge is -2.18. The summed E-state index contributed by atoms with van der Waals surface area (Å²) in [6, 6.07) is 15.9. The fraction of sp³-hybridized carbons (Fsp3) is 0.148. The van der Waals surface area contributed by atoms with Gasteiger partial charge in [0.25, 0.3) is 11.9 Å². The van der Waals surface area contributed by atoms with Crippen molar-refractivity contribution in [3.63, 3.8) is 0 Å². The molecule has 0 saturated heterocycles. The number of fused-ring (bicyclic) bond motifs is 1. The molecule has 0 aliphatic rings. The van der Waals surface area contributed by atoms with Crippen molar-refractivity contribution in [1.29, 1.82) is 0 Å². The van der Waals surface area contributed by atoms with Gasteiger partial charge in [0.2, 0.25) is 0 Å². The molecule has 0 bridgehead atoms. The number of nitrogens with zero attached hydrogens (tertiary/aromatic N) is 6. The number of aromatic nitrogens is 5. The smallest absolute Gasteiger partial charge is 0.257 e. The SMILES string of the molecule is Cc1cnc(-n2ncc(C(=O)N(C)Cc3cccc4ncccc34)c2C)nc1-c1ccc(F)cc1. The Morgan fingerprint density at radius 2 is 1.80 bits per heavy atom. The van der Waals surface area contributed by atoms with Crippen LogP contribution in [0.5, 0.6) is 0 Å². The molecule has 7 nitrogen and oxygen atoms in total. The maximum absolute atomic E-state index is 13.4. The van der Waals surface area contributed by atoms with E-state index in [1.54, 1.807) is 47.4 Å². The van der Waals surface area contributed by atoms with Gasteiger partial charge in [-0.15, -0.1) is 0 Å². The number of benzene rings is 2. The summed E-state index contributed by atoms with van der Waals surface area (Å²) in [5, 5.41) is 5.42. The number of amides is 1. The topological polar surface area (TPSA) is 76.8 Å². The third-order valence-corrected chi connectivity index (χ3v) is 6.00. The van der Waals surface area contributed by atoms with Crippen LogP contribution in [0.3, 0.4) is 0 Å². The Hall–Kier alpha value is -4.46. The maximum atomic E-state index is 13.4. The molecule has 5 rings (SSSR count). The van der Waals surface area contributed by atoms with Gasteiger partial charge in [-0.2, -0.15) is 5.10 Å². The molecule has 2 aromatic carbocycles. The van der Waals surface area contributed by atoms with Crippen LogP contribution in [0.4, 0.5) is 4.39 Å². The first kappa shape index (κ1) is 22.3. The Kier molecular flexibility index (Phi) is 5.78. The van der Waals surface area contributed by atoms with Gasteiger partial charge in [-0.3, -0.25) is 9.78 Å². The second-order valence-electron chi connectivity index (χ2n) is 8.41. The third kappa shape index (κ3) is 4.26. The van der Waals surface area contributed by atoms with Crippen molar-refractivity contribution < 1.29 is 9.18 Å². The Bertz CT molecular complexity index is 1540. The number of carbonyl (C=O) groups excluding carboxylic acids is 1. The molecule has 0 N–H and O–H groups in total. The summed E-state index contributed by atoms with van der Waals surface area (Å²) in [6.45, 7) is 4.14. The van der Waals surface area contributed by atoms with Gasteiger partial charge in [-0.25, -0.2) is 19.0 Å². The molecule has 3 heterocycles. The monoisotopic (exact) mass is 466 g/mol. The molecule has 0 unspecified atom stereocenters. The minimum Gasteiger partial charge on any atom is -0.337 e. The van der Waals surface area contributed by atoms with Crippen LogP contribution in [0, 0.1) is 19.7 Å². The van der Waals surface area contributed by atoms with Crippen LogP contribution < -0.4 is 0 Å². The summed E-state index contributed by atoms with van der Waals surface area (Å²) in [7, 11) is 1.77. The Labute approximate surface area is 201 Å². The molecule has 0 aliphatic heterocycles. The summed E-state index contributed by atoms with van der Waals surface area (Å²) in [6.07, 6.45) is 5.00. The lowest BCUT2D eigenvalue weighted by molar-refractivity contribution is 0.0785. The molecule has 174 valence electrons. The van der Waals surface area contributed by atoms with Crippen molar-refractivity contribution in [2.75, 3.05) is 7.05 Å². The van der Waals surface area contributed by atoms with Crippen LogP contribution in [0.2, 0.25) is 0 Å². The number of carbonyl (C=O) groups is 1. The van der Waals surface area contributed by atoms with E-state index in [-0.39, 0.29) is 11.7 Å². The molecule has 0 fully saturated rings. The van der Waals surface area contributed by atoms with Gasteiger partial charge in [0.05, 0.1) is 28.7 Å². The molecule has 0 spiro atoms. The van der Waals surface area contributed by atoms with E-state index >= 15 is 0 Å². The zero-order valence-corrected chi connectivity index (χ0v) is 19.6. The van der Waals surface area contributed by atoms with E-state index in [1.165, 1.54) is 12.1 Å². The normalized spacial score (nSPS) is 11.1. The second-order valence-corrected chi connectivity index (χ2v) is 8.41. The fourth-order valence-corrected chi connectivity index (χ4v) is 4.09. The van der Waals surface area contributed by atoms with E-state index in [2.05, 4.69) is 20.1 Å². The van der Waals surface area contributed by atoms with E-state index in [1.807, 2.05) is 44.2 Å². The highest BCUT2D eigenvalue weighted by atomic mass is 19.1. The highest BCUT2D eigenvalue weighted by Gasteiger charge is 2.21. The van der Waals surface area contributed by atoms with E-state index in [4.69, 9.17) is 0 Å². The van der Waals surface area contributed by atoms with Crippen LogP contribution in [0.1, 0.15) is 27.2 Å². The highest BCUT2D eigenvalue weighted by molar-refractivity contribution is 5.95. The van der Waals surface area contributed by atoms with E-state index < -0.39 is 0 Å². The molecule has 5 aromatic rings. The van der Waals surface area contributed by atoms with Gasteiger partial charge in [0, 0.05) is 36.9 Å². The molecular weight excluding hydrogens is 443 g/mol. The summed E-state index contributed by atoms with van der Waals surface area (Å²) in [4.78, 5) is 28.4. The minimum absolute atomic E-state index is 0.152. The molecule has 0 saturated carbocycles. The van der Waals surface area contributed by atoms with Gasteiger partial charge < -0.3 is 4.90 Å². The molecule has 35 heavy (non-hydrogen) atoms. The quantitative estimate of drug-likeness (QED) is 0.368. The highest BCUT2D eigenvalue weighted by Crippen LogP contribution is 2.23. The van der Waals surface area contributed by atoms with E-state index in [0.29, 0.717) is 29.4 Å². The molecule has 0 radical (unpaired) electrons. The van der Waals surface area contributed by atoms with Crippen LogP contribution in [0.15, 0.2) is 73.2 Å². The summed E-state index contributed by atoms with van der Waals surface area (Å²) >= 11 is 0. The number of pyridine rings is 1. The first-order chi connectivity index (χ1) is 16.9. The van der Waals surface area contributed by atoms with Crippen molar-refractivity contribution >= 4 is 16.8 Å². The number of halogens is 1. The number of hydrogen-bond donors (Lipinski definition) is 0. The lowest BCUT2D eigenvalue weighted by atomic mass is 10.1. The second kappa shape index (κ2) is 9.06. The Morgan fingerprint density at radius 3 is 2.60 bits per heavy atom. The zero-order chi connectivity index (χ0) is 24.5. The standard InChI is InChI=1S/C27H23FN6O/c1-17-14-30-27(32-25(17)19-9-11-21(28)12-10-19)34-18(2)23(15-31-34)26(35)33(3)16-20-6-4-8-24-22(20)7-5-13-29-24/h4-15H,16H2,1-3H3. The molecule has 0 atom stereocenters. The van der Waals surface area contributed by atoms with Gasteiger partial charge in [0.15, 0.2) is 0 Å². The molecule has 1 amide bonds. The molecule has 8 heteroatoms. The summed E-state index contributed by atoms with van der Waals surface area (Å²) in [5.41, 5.74) is 5.32. The predicted molar refractivity (Wildman–Crippen MR) is 132 cm³/mol. The average Bonchev–Trinajstić information content (AvgIpc) is 3.26. The fourth-order valence-electron chi connectivity index (χ4n) is 4.09. The van der Waals surface area contributed by atoms with Crippen molar-refractivity contribution in [2.45, 2.75) is 20.4 Å². The Balaban J connectivity index is 1.43. The van der Waals surface area contributed by atoms with Crippen molar-refractivity contribution in [2.24, 2.45) is 0 Å². The van der Waals surface area contributed by atoms with Crippen molar-refractivity contribution in [3.05, 3.63) is 101 Å². The summed E-state index contributed by atoms with van der Waals surface area (Å²) in [5.74, 6) is -0.120. The van der Waals surface area contributed by atoms with E-state index in [9.17, 15) is 9.18 Å².